The van der Waals surface area contributed by atoms with Crippen LogP contribution < -0.4 is 5.73 Å². The van der Waals surface area contributed by atoms with E-state index < -0.39 is 11.9 Å². The first-order valence-electron chi connectivity index (χ1n) is 4.95. The highest BCUT2D eigenvalue weighted by Gasteiger charge is 1.98. The number of carbonyl (C=O) groups is 2. The maximum Gasteiger partial charge on any atom is 0.354 e. The van der Waals surface area contributed by atoms with Crippen LogP contribution in [-0.4, -0.2) is 27.0 Å². The van der Waals surface area contributed by atoms with Gasteiger partial charge in [-0.05, 0) is 24.3 Å². The van der Waals surface area contributed by atoms with Gasteiger partial charge in [0.25, 0.3) is 0 Å². The number of rotatable bonds is 2. The molecule has 2 aromatic rings. The minimum Gasteiger partial charge on any atom is -0.477 e. The third kappa shape index (κ3) is 4.40. The molecular formula is C12H11N3O3. The van der Waals surface area contributed by atoms with Crippen LogP contribution in [0.3, 0.4) is 0 Å². The van der Waals surface area contributed by atoms with Crippen molar-refractivity contribution in [3.05, 3.63) is 60.2 Å². The Labute approximate surface area is 103 Å². The summed E-state index contributed by atoms with van der Waals surface area (Å²) in [6.07, 6.45) is 4.50. The number of nitrogens with two attached hydrogens (primary N) is 1. The molecule has 2 heterocycles. The summed E-state index contributed by atoms with van der Waals surface area (Å²) < 4.78 is 0. The summed E-state index contributed by atoms with van der Waals surface area (Å²) in [5.41, 5.74) is 5.52. The lowest BCUT2D eigenvalue weighted by Crippen LogP contribution is -2.10. The van der Waals surface area contributed by atoms with E-state index in [0.29, 0.717) is 5.56 Å². The molecule has 2 rings (SSSR count). The average molecular weight is 245 g/mol. The van der Waals surface area contributed by atoms with Gasteiger partial charge in [-0.2, -0.15) is 0 Å². The van der Waals surface area contributed by atoms with Crippen molar-refractivity contribution in [1.29, 1.82) is 0 Å². The molecule has 18 heavy (non-hydrogen) atoms. The molecule has 6 heteroatoms. The van der Waals surface area contributed by atoms with E-state index in [0.717, 1.165) is 0 Å². The Morgan fingerprint density at radius 1 is 1.06 bits per heavy atom. The fourth-order valence-electron chi connectivity index (χ4n) is 1.01. The highest BCUT2D eigenvalue weighted by Crippen LogP contribution is 1.92. The minimum atomic E-state index is -0.990. The Bertz CT molecular complexity index is 465. The zero-order valence-corrected chi connectivity index (χ0v) is 9.35. The van der Waals surface area contributed by atoms with Crippen molar-refractivity contribution < 1.29 is 14.7 Å². The molecule has 2 aromatic heterocycles. The van der Waals surface area contributed by atoms with Crippen molar-refractivity contribution in [2.24, 2.45) is 5.73 Å². The lowest BCUT2D eigenvalue weighted by Gasteiger charge is -1.88. The van der Waals surface area contributed by atoms with Gasteiger partial charge >= 0.3 is 5.97 Å². The second-order valence-electron chi connectivity index (χ2n) is 3.12. The fourth-order valence-corrected chi connectivity index (χ4v) is 1.01. The van der Waals surface area contributed by atoms with Crippen LogP contribution in [0.15, 0.2) is 48.9 Å². The molecular weight excluding hydrogens is 234 g/mol. The molecule has 0 saturated heterocycles. The van der Waals surface area contributed by atoms with Gasteiger partial charge in [0.2, 0.25) is 5.91 Å². The molecule has 0 fully saturated rings. The number of hydrogen-bond donors (Lipinski definition) is 2. The van der Waals surface area contributed by atoms with E-state index in [4.69, 9.17) is 10.8 Å². The van der Waals surface area contributed by atoms with Gasteiger partial charge in [0.15, 0.2) is 0 Å². The number of carboxylic acids is 1. The van der Waals surface area contributed by atoms with Gasteiger partial charge in [0.1, 0.15) is 5.69 Å². The molecule has 0 atom stereocenters. The standard InChI is InChI=1S/C6H6N2O.C6H5NO2/c7-6(9)5-1-3-8-4-2-5;8-6(9)5-3-1-2-4-7-5/h1-4H,(H2,7,9);1-4H,(H,8,9). The highest BCUT2D eigenvalue weighted by atomic mass is 16.4. The zero-order chi connectivity index (χ0) is 13.4. The maximum absolute atomic E-state index is 10.4. The highest BCUT2D eigenvalue weighted by molar-refractivity contribution is 5.92. The molecule has 0 bridgehead atoms. The van der Waals surface area contributed by atoms with Crippen LogP contribution in [0.25, 0.3) is 0 Å². The molecule has 92 valence electrons. The van der Waals surface area contributed by atoms with Crippen molar-refractivity contribution in [2.45, 2.75) is 0 Å². The van der Waals surface area contributed by atoms with Gasteiger partial charge in [0, 0.05) is 24.2 Å². The Balaban J connectivity index is 0.000000180. The number of primary amides is 1. The Kier molecular flexibility index (Phi) is 4.98. The maximum atomic E-state index is 10.4. The molecule has 0 radical (unpaired) electrons. The Morgan fingerprint density at radius 3 is 2.06 bits per heavy atom. The second kappa shape index (κ2) is 6.74. The summed E-state index contributed by atoms with van der Waals surface area (Å²) in [5.74, 6) is -1.41. The van der Waals surface area contributed by atoms with Crippen LogP contribution in [0.2, 0.25) is 0 Å². The normalized spacial score (nSPS) is 8.89. The van der Waals surface area contributed by atoms with E-state index in [2.05, 4.69) is 9.97 Å². The van der Waals surface area contributed by atoms with E-state index in [1.165, 1.54) is 24.7 Å². The molecule has 0 aliphatic heterocycles. The SMILES string of the molecule is NC(=O)c1ccncc1.O=C(O)c1ccccn1. The molecule has 0 aromatic carbocycles. The monoisotopic (exact) mass is 245 g/mol. The fraction of sp³-hybridized carbons (Fsp3) is 0. The van der Waals surface area contributed by atoms with Crippen LogP contribution in [-0.2, 0) is 0 Å². The molecule has 3 N–H and O–H groups in total. The van der Waals surface area contributed by atoms with E-state index in [-0.39, 0.29) is 5.69 Å². The van der Waals surface area contributed by atoms with Crippen molar-refractivity contribution in [2.75, 3.05) is 0 Å². The molecule has 0 saturated carbocycles. The number of carbonyl (C=O) groups excluding carboxylic acids is 1. The van der Waals surface area contributed by atoms with Gasteiger partial charge in [0.05, 0.1) is 0 Å². The second-order valence-corrected chi connectivity index (χ2v) is 3.12. The molecule has 0 unspecified atom stereocenters. The van der Waals surface area contributed by atoms with Crippen LogP contribution >= 0.6 is 0 Å². The van der Waals surface area contributed by atoms with Crippen LogP contribution in [0.1, 0.15) is 20.8 Å². The van der Waals surface area contributed by atoms with Crippen molar-refractivity contribution in [3.8, 4) is 0 Å². The van der Waals surface area contributed by atoms with E-state index in [9.17, 15) is 9.59 Å². The number of amides is 1. The molecule has 0 spiro atoms. The van der Waals surface area contributed by atoms with Gasteiger partial charge in [-0.15, -0.1) is 0 Å². The Morgan fingerprint density at radius 2 is 1.72 bits per heavy atom. The molecule has 6 nitrogen and oxygen atoms in total. The molecule has 0 aliphatic carbocycles. The number of pyridine rings is 2. The first kappa shape index (κ1) is 13.3. The lowest BCUT2D eigenvalue weighted by atomic mass is 10.3. The van der Waals surface area contributed by atoms with Gasteiger partial charge in [-0.25, -0.2) is 9.78 Å². The summed E-state index contributed by atoms with van der Waals surface area (Å²) in [7, 11) is 0. The Hall–Kier alpha value is -2.76. The third-order valence-corrected chi connectivity index (χ3v) is 1.85. The predicted octanol–water partition coefficient (Wildman–Crippen LogP) is 0.960. The summed E-state index contributed by atoms with van der Waals surface area (Å²) >= 11 is 0. The summed E-state index contributed by atoms with van der Waals surface area (Å²) in [4.78, 5) is 27.8. The minimum absolute atomic E-state index is 0.0810. The first-order chi connectivity index (χ1) is 8.61. The van der Waals surface area contributed by atoms with Crippen LogP contribution in [0.5, 0.6) is 0 Å². The lowest BCUT2D eigenvalue weighted by molar-refractivity contribution is 0.0690. The number of aromatic carboxylic acids is 1. The number of hydrogen-bond acceptors (Lipinski definition) is 4. The number of carboxylic acid groups (broad SMARTS) is 1. The first-order valence-corrected chi connectivity index (χ1v) is 4.95. The van der Waals surface area contributed by atoms with Gasteiger partial charge in [-0.1, -0.05) is 6.07 Å². The topological polar surface area (TPSA) is 106 Å². The summed E-state index contributed by atoms with van der Waals surface area (Å²) in [6, 6.07) is 7.90. The summed E-state index contributed by atoms with van der Waals surface area (Å²) in [6.45, 7) is 0. The van der Waals surface area contributed by atoms with Gasteiger partial charge < -0.3 is 10.8 Å². The number of aromatic nitrogens is 2. The molecule has 0 aliphatic rings. The van der Waals surface area contributed by atoms with Gasteiger partial charge in [-0.3, -0.25) is 9.78 Å². The van der Waals surface area contributed by atoms with Crippen molar-refractivity contribution in [3.63, 3.8) is 0 Å². The largest absolute Gasteiger partial charge is 0.477 e. The van der Waals surface area contributed by atoms with E-state index in [1.807, 2.05) is 0 Å². The van der Waals surface area contributed by atoms with Crippen LogP contribution in [0.4, 0.5) is 0 Å². The quantitative estimate of drug-likeness (QED) is 0.819. The van der Waals surface area contributed by atoms with E-state index in [1.54, 1.807) is 24.3 Å². The summed E-state index contributed by atoms with van der Waals surface area (Å²) in [5, 5.41) is 8.32. The smallest absolute Gasteiger partial charge is 0.354 e. The van der Waals surface area contributed by atoms with Crippen molar-refractivity contribution >= 4 is 11.9 Å². The predicted molar refractivity (Wildman–Crippen MR) is 64.0 cm³/mol. The van der Waals surface area contributed by atoms with E-state index >= 15 is 0 Å². The average Bonchev–Trinajstić information content (AvgIpc) is 2.41. The zero-order valence-electron chi connectivity index (χ0n) is 9.35. The van der Waals surface area contributed by atoms with Crippen molar-refractivity contribution in [1.82, 2.24) is 9.97 Å². The third-order valence-electron chi connectivity index (χ3n) is 1.85. The molecule has 1 amide bonds. The number of nitrogens with zero attached hydrogens (tertiary/aromatic N) is 2. The van der Waals surface area contributed by atoms with Crippen LogP contribution in [0, 0.1) is 0 Å².